The molecule has 0 saturated heterocycles. The highest BCUT2D eigenvalue weighted by molar-refractivity contribution is 5.77. The number of fused-ring (bicyclic) bond motifs is 2. The van der Waals surface area contributed by atoms with Crippen molar-refractivity contribution in [2.24, 2.45) is 0 Å². The van der Waals surface area contributed by atoms with Crippen LogP contribution in [0.4, 0.5) is 0 Å². The molecule has 24 heavy (non-hydrogen) atoms. The number of para-hydroxylation sites is 1. The van der Waals surface area contributed by atoms with Crippen molar-refractivity contribution >= 4 is 10.9 Å². The van der Waals surface area contributed by atoms with Gasteiger partial charge in [-0.25, -0.2) is 4.98 Å². The van der Waals surface area contributed by atoms with Gasteiger partial charge in [-0.2, -0.15) is 0 Å². The number of aromatic nitrogens is 2. The standard InChI is InChI=1S/C20H21N3O/c1-14-16-7-3-2-6-15(16)10-12-23(14)13-11-19-21-18-9-5-4-8-17(18)20(24)22-19/h2-9,14H,10-13H2,1H3,(H,21,22,24). The lowest BCUT2D eigenvalue weighted by molar-refractivity contribution is 0.200. The molecule has 0 spiro atoms. The molecule has 1 aliphatic heterocycles. The van der Waals surface area contributed by atoms with E-state index < -0.39 is 0 Å². The lowest BCUT2D eigenvalue weighted by atomic mass is 9.93. The Hall–Kier alpha value is -2.46. The third kappa shape index (κ3) is 2.74. The Labute approximate surface area is 141 Å². The molecular formula is C20H21N3O. The van der Waals surface area contributed by atoms with Gasteiger partial charge in [-0.05, 0) is 36.6 Å². The maximum atomic E-state index is 12.2. The van der Waals surface area contributed by atoms with Crippen LogP contribution in [0.1, 0.15) is 29.9 Å². The number of benzene rings is 2. The molecule has 0 saturated carbocycles. The number of nitrogens with zero attached hydrogens (tertiary/aromatic N) is 2. The fourth-order valence-corrected chi connectivity index (χ4v) is 3.63. The van der Waals surface area contributed by atoms with Crippen LogP contribution < -0.4 is 5.56 Å². The highest BCUT2D eigenvalue weighted by Crippen LogP contribution is 2.28. The molecule has 1 atom stereocenters. The summed E-state index contributed by atoms with van der Waals surface area (Å²) in [5, 5.41) is 0.654. The number of rotatable bonds is 3. The van der Waals surface area contributed by atoms with Gasteiger partial charge in [0.1, 0.15) is 5.82 Å². The molecular weight excluding hydrogens is 298 g/mol. The number of hydrogen-bond donors (Lipinski definition) is 1. The molecule has 1 unspecified atom stereocenters. The van der Waals surface area contributed by atoms with Gasteiger partial charge in [0.25, 0.3) is 5.56 Å². The second-order valence-electron chi connectivity index (χ2n) is 6.44. The average molecular weight is 319 g/mol. The molecule has 1 aromatic heterocycles. The van der Waals surface area contributed by atoms with Gasteiger partial charge in [-0.3, -0.25) is 9.69 Å². The van der Waals surface area contributed by atoms with Gasteiger partial charge in [0.15, 0.2) is 0 Å². The summed E-state index contributed by atoms with van der Waals surface area (Å²) in [6.45, 7) is 4.21. The van der Waals surface area contributed by atoms with E-state index >= 15 is 0 Å². The normalized spacial score (nSPS) is 17.8. The minimum absolute atomic E-state index is 0.0485. The molecule has 4 nitrogen and oxygen atoms in total. The SMILES string of the molecule is CC1c2ccccc2CCN1CCc1nc2ccccc2c(=O)[nH]1. The summed E-state index contributed by atoms with van der Waals surface area (Å²) < 4.78 is 0. The van der Waals surface area contributed by atoms with Gasteiger partial charge < -0.3 is 4.98 Å². The van der Waals surface area contributed by atoms with Gasteiger partial charge in [0, 0.05) is 25.6 Å². The minimum atomic E-state index is -0.0485. The summed E-state index contributed by atoms with van der Waals surface area (Å²) in [6.07, 6.45) is 1.84. The van der Waals surface area contributed by atoms with E-state index in [4.69, 9.17) is 0 Å². The topological polar surface area (TPSA) is 49.0 Å². The van der Waals surface area contributed by atoms with E-state index in [-0.39, 0.29) is 5.56 Å². The van der Waals surface area contributed by atoms with Crippen LogP contribution in [0.15, 0.2) is 53.3 Å². The predicted molar refractivity (Wildman–Crippen MR) is 96.2 cm³/mol. The zero-order chi connectivity index (χ0) is 16.5. The van der Waals surface area contributed by atoms with E-state index in [9.17, 15) is 4.79 Å². The third-order valence-corrected chi connectivity index (χ3v) is 5.02. The lowest BCUT2D eigenvalue weighted by Gasteiger charge is -2.35. The lowest BCUT2D eigenvalue weighted by Crippen LogP contribution is -2.35. The quantitative estimate of drug-likeness (QED) is 0.807. The highest BCUT2D eigenvalue weighted by Gasteiger charge is 2.23. The summed E-state index contributed by atoms with van der Waals surface area (Å²) in [7, 11) is 0. The molecule has 4 rings (SSSR count). The Balaban J connectivity index is 1.53. The van der Waals surface area contributed by atoms with Crippen molar-refractivity contribution in [2.45, 2.75) is 25.8 Å². The molecule has 0 aliphatic carbocycles. The summed E-state index contributed by atoms with van der Waals surface area (Å²) in [5.41, 5.74) is 3.60. The van der Waals surface area contributed by atoms with Crippen molar-refractivity contribution in [3.63, 3.8) is 0 Å². The smallest absolute Gasteiger partial charge is 0.258 e. The van der Waals surface area contributed by atoms with Crippen molar-refractivity contribution in [1.29, 1.82) is 0 Å². The summed E-state index contributed by atoms with van der Waals surface area (Å²) in [5.74, 6) is 0.768. The first-order chi connectivity index (χ1) is 11.7. The molecule has 3 aromatic rings. The van der Waals surface area contributed by atoms with E-state index in [1.54, 1.807) is 0 Å². The van der Waals surface area contributed by atoms with Crippen molar-refractivity contribution in [2.75, 3.05) is 13.1 Å². The minimum Gasteiger partial charge on any atom is -0.310 e. The maximum Gasteiger partial charge on any atom is 0.258 e. The van der Waals surface area contributed by atoms with Crippen molar-refractivity contribution in [3.8, 4) is 0 Å². The first-order valence-corrected chi connectivity index (χ1v) is 8.52. The number of hydrogen-bond acceptors (Lipinski definition) is 3. The highest BCUT2D eigenvalue weighted by atomic mass is 16.1. The van der Waals surface area contributed by atoms with E-state index in [1.807, 2.05) is 24.3 Å². The fourth-order valence-electron chi connectivity index (χ4n) is 3.63. The number of H-pyrrole nitrogens is 1. The average Bonchev–Trinajstić information content (AvgIpc) is 2.61. The van der Waals surface area contributed by atoms with Crippen molar-refractivity contribution in [3.05, 3.63) is 75.8 Å². The Morgan fingerprint density at radius 2 is 1.96 bits per heavy atom. The van der Waals surface area contributed by atoms with Gasteiger partial charge in [-0.1, -0.05) is 36.4 Å². The number of nitrogens with one attached hydrogen (secondary N) is 1. The second kappa shape index (κ2) is 6.21. The van der Waals surface area contributed by atoms with Crippen LogP contribution in [-0.4, -0.2) is 28.0 Å². The Morgan fingerprint density at radius 3 is 2.88 bits per heavy atom. The fraction of sp³-hybridized carbons (Fsp3) is 0.300. The third-order valence-electron chi connectivity index (χ3n) is 5.02. The molecule has 0 fully saturated rings. The largest absolute Gasteiger partial charge is 0.310 e. The molecule has 2 heterocycles. The molecule has 1 N–H and O–H groups in total. The zero-order valence-corrected chi connectivity index (χ0v) is 13.8. The van der Waals surface area contributed by atoms with Gasteiger partial charge >= 0.3 is 0 Å². The predicted octanol–water partition coefficient (Wildman–Crippen LogP) is 3.08. The molecule has 0 amide bonds. The molecule has 0 radical (unpaired) electrons. The van der Waals surface area contributed by atoms with Gasteiger partial charge in [0.05, 0.1) is 10.9 Å². The molecule has 122 valence electrons. The van der Waals surface area contributed by atoms with Crippen LogP contribution in [-0.2, 0) is 12.8 Å². The molecule has 1 aliphatic rings. The summed E-state index contributed by atoms with van der Waals surface area (Å²) >= 11 is 0. The Morgan fingerprint density at radius 1 is 1.17 bits per heavy atom. The Bertz CT molecular complexity index is 931. The molecule has 2 aromatic carbocycles. The Kier molecular flexibility index (Phi) is 3.90. The van der Waals surface area contributed by atoms with E-state index in [1.165, 1.54) is 11.1 Å². The van der Waals surface area contributed by atoms with Crippen LogP contribution in [0.25, 0.3) is 10.9 Å². The van der Waals surface area contributed by atoms with Gasteiger partial charge in [0.2, 0.25) is 0 Å². The van der Waals surface area contributed by atoms with Crippen LogP contribution in [0.2, 0.25) is 0 Å². The first kappa shape index (κ1) is 15.1. The van der Waals surface area contributed by atoms with Crippen LogP contribution in [0, 0.1) is 0 Å². The monoisotopic (exact) mass is 319 g/mol. The molecule has 0 bridgehead atoms. The first-order valence-electron chi connectivity index (χ1n) is 8.52. The van der Waals surface area contributed by atoms with Gasteiger partial charge in [-0.15, -0.1) is 0 Å². The van der Waals surface area contributed by atoms with Crippen molar-refractivity contribution in [1.82, 2.24) is 14.9 Å². The van der Waals surface area contributed by atoms with Crippen LogP contribution >= 0.6 is 0 Å². The zero-order valence-electron chi connectivity index (χ0n) is 13.8. The van der Waals surface area contributed by atoms with Crippen LogP contribution in [0.3, 0.4) is 0 Å². The summed E-state index contributed by atoms with van der Waals surface area (Å²) in [4.78, 5) is 22.2. The number of aromatic amines is 1. The van der Waals surface area contributed by atoms with Crippen molar-refractivity contribution < 1.29 is 0 Å². The summed E-state index contributed by atoms with van der Waals surface area (Å²) in [6, 6.07) is 16.6. The maximum absolute atomic E-state index is 12.2. The van der Waals surface area contributed by atoms with E-state index in [0.29, 0.717) is 11.4 Å². The second-order valence-corrected chi connectivity index (χ2v) is 6.44. The molecule has 4 heteroatoms. The van der Waals surface area contributed by atoms with E-state index in [0.717, 1.165) is 37.3 Å². The van der Waals surface area contributed by atoms with E-state index in [2.05, 4.69) is 46.1 Å². The van der Waals surface area contributed by atoms with Crippen LogP contribution in [0.5, 0.6) is 0 Å².